The molecule has 0 aliphatic rings. The van der Waals surface area contributed by atoms with Crippen LogP contribution >= 0.6 is 11.6 Å². The molecule has 21 heavy (non-hydrogen) atoms. The van der Waals surface area contributed by atoms with Gasteiger partial charge < -0.3 is 4.74 Å². The number of para-hydroxylation sites is 1. The molecule has 3 rings (SSSR count). The number of halogens is 1. The Hall–Kier alpha value is -2.07. The third-order valence-corrected chi connectivity index (χ3v) is 3.52. The van der Waals surface area contributed by atoms with Crippen molar-refractivity contribution in [1.82, 2.24) is 15.0 Å². The van der Waals surface area contributed by atoms with Crippen LogP contribution in [-0.2, 0) is 6.54 Å². The minimum absolute atomic E-state index is 0.689. The van der Waals surface area contributed by atoms with Gasteiger partial charge in [0.1, 0.15) is 11.3 Å². The molecule has 0 bridgehead atoms. The lowest BCUT2D eigenvalue weighted by molar-refractivity contribution is 0.302. The smallest absolute Gasteiger partial charge is 0.119 e. The summed E-state index contributed by atoms with van der Waals surface area (Å²) < 4.78 is 7.61. The van der Waals surface area contributed by atoms with Crippen LogP contribution in [0.25, 0.3) is 11.0 Å². The largest absolute Gasteiger partial charge is 0.494 e. The van der Waals surface area contributed by atoms with Crippen LogP contribution < -0.4 is 4.74 Å². The van der Waals surface area contributed by atoms with Crippen molar-refractivity contribution in [2.24, 2.45) is 0 Å². The first-order valence-corrected chi connectivity index (χ1v) is 7.37. The second-order valence-corrected chi connectivity index (χ2v) is 5.25. The fourth-order valence-electron chi connectivity index (χ4n) is 2.17. The van der Waals surface area contributed by atoms with E-state index < -0.39 is 0 Å². The van der Waals surface area contributed by atoms with E-state index in [-0.39, 0.29) is 0 Å². The van der Waals surface area contributed by atoms with Gasteiger partial charge in [0.25, 0.3) is 0 Å². The van der Waals surface area contributed by atoms with Gasteiger partial charge in [-0.05, 0) is 49.2 Å². The number of benzene rings is 2. The molecule has 3 aromatic rings. The summed E-state index contributed by atoms with van der Waals surface area (Å²) in [5, 5.41) is 9.04. The predicted molar refractivity (Wildman–Crippen MR) is 83.7 cm³/mol. The third-order valence-electron chi connectivity index (χ3n) is 3.27. The van der Waals surface area contributed by atoms with Crippen LogP contribution in [0.1, 0.15) is 12.8 Å². The van der Waals surface area contributed by atoms with Gasteiger partial charge in [0, 0.05) is 11.6 Å². The molecular formula is C16H16ClN3O. The van der Waals surface area contributed by atoms with E-state index in [1.54, 1.807) is 0 Å². The van der Waals surface area contributed by atoms with Crippen molar-refractivity contribution in [2.75, 3.05) is 6.61 Å². The molecule has 0 saturated heterocycles. The van der Waals surface area contributed by atoms with Crippen molar-refractivity contribution >= 4 is 22.6 Å². The summed E-state index contributed by atoms with van der Waals surface area (Å²) >= 11 is 5.83. The maximum Gasteiger partial charge on any atom is 0.119 e. The molecule has 0 unspecified atom stereocenters. The third kappa shape index (κ3) is 3.52. The van der Waals surface area contributed by atoms with Gasteiger partial charge in [0.05, 0.1) is 12.1 Å². The van der Waals surface area contributed by atoms with Crippen molar-refractivity contribution in [3.63, 3.8) is 0 Å². The molecule has 4 nitrogen and oxygen atoms in total. The van der Waals surface area contributed by atoms with E-state index in [0.717, 1.165) is 41.2 Å². The zero-order valence-electron chi connectivity index (χ0n) is 11.6. The van der Waals surface area contributed by atoms with Gasteiger partial charge in [0.2, 0.25) is 0 Å². The van der Waals surface area contributed by atoms with Gasteiger partial charge in [-0.3, -0.25) is 0 Å². The van der Waals surface area contributed by atoms with Gasteiger partial charge in [-0.1, -0.05) is 28.9 Å². The monoisotopic (exact) mass is 301 g/mol. The molecule has 1 aromatic heterocycles. The van der Waals surface area contributed by atoms with Crippen LogP contribution in [-0.4, -0.2) is 21.6 Å². The van der Waals surface area contributed by atoms with Gasteiger partial charge in [-0.2, -0.15) is 0 Å². The number of unbranched alkanes of at least 4 members (excludes halogenated alkanes) is 1. The number of aryl methyl sites for hydroxylation is 1. The first-order valence-electron chi connectivity index (χ1n) is 6.99. The number of rotatable bonds is 6. The Bertz CT molecular complexity index is 709. The highest BCUT2D eigenvalue weighted by Crippen LogP contribution is 2.16. The molecule has 2 aromatic carbocycles. The number of hydrogen-bond donors (Lipinski definition) is 0. The van der Waals surface area contributed by atoms with Crippen LogP contribution in [0.15, 0.2) is 48.5 Å². The molecule has 108 valence electrons. The fourth-order valence-corrected chi connectivity index (χ4v) is 2.29. The molecule has 0 aliphatic heterocycles. The van der Waals surface area contributed by atoms with Crippen LogP contribution in [0.3, 0.4) is 0 Å². The van der Waals surface area contributed by atoms with E-state index in [1.165, 1.54) is 0 Å². The van der Waals surface area contributed by atoms with Crippen LogP contribution in [0.4, 0.5) is 0 Å². The van der Waals surface area contributed by atoms with E-state index >= 15 is 0 Å². The zero-order valence-corrected chi connectivity index (χ0v) is 12.3. The fraction of sp³-hybridized carbons (Fsp3) is 0.250. The molecule has 0 amide bonds. The standard InChI is InChI=1S/C16H16ClN3O/c17-13-7-9-14(10-8-13)21-12-4-3-11-20-16-6-2-1-5-15(16)18-19-20/h1-2,5-10H,3-4,11-12H2. The minimum Gasteiger partial charge on any atom is -0.494 e. The molecular weight excluding hydrogens is 286 g/mol. The number of ether oxygens (including phenoxy) is 1. The topological polar surface area (TPSA) is 39.9 Å². The summed E-state index contributed by atoms with van der Waals surface area (Å²) in [6, 6.07) is 15.4. The molecule has 0 spiro atoms. The first kappa shape index (κ1) is 13.9. The molecule has 0 radical (unpaired) electrons. The molecule has 5 heteroatoms. The maximum absolute atomic E-state index is 5.83. The Labute approximate surface area is 128 Å². The highest BCUT2D eigenvalue weighted by Gasteiger charge is 2.02. The minimum atomic E-state index is 0.689. The second kappa shape index (κ2) is 6.59. The Morgan fingerprint density at radius 3 is 2.67 bits per heavy atom. The quantitative estimate of drug-likeness (QED) is 0.647. The molecule has 0 aliphatic carbocycles. The van der Waals surface area contributed by atoms with Crippen LogP contribution in [0, 0.1) is 0 Å². The highest BCUT2D eigenvalue weighted by atomic mass is 35.5. The van der Waals surface area contributed by atoms with Crippen molar-refractivity contribution < 1.29 is 4.74 Å². The van der Waals surface area contributed by atoms with E-state index in [4.69, 9.17) is 16.3 Å². The number of fused-ring (bicyclic) bond motifs is 1. The van der Waals surface area contributed by atoms with Crippen molar-refractivity contribution in [1.29, 1.82) is 0 Å². The zero-order chi connectivity index (χ0) is 14.5. The first-order chi connectivity index (χ1) is 10.3. The Morgan fingerprint density at radius 1 is 1.00 bits per heavy atom. The summed E-state index contributed by atoms with van der Waals surface area (Å²) in [7, 11) is 0. The summed E-state index contributed by atoms with van der Waals surface area (Å²) in [5.74, 6) is 0.852. The molecule has 0 N–H and O–H groups in total. The summed E-state index contributed by atoms with van der Waals surface area (Å²) in [4.78, 5) is 0. The van der Waals surface area contributed by atoms with Crippen molar-refractivity contribution in [3.8, 4) is 5.75 Å². The van der Waals surface area contributed by atoms with Crippen molar-refractivity contribution in [2.45, 2.75) is 19.4 Å². The Morgan fingerprint density at radius 2 is 1.81 bits per heavy atom. The number of hydrogen-bond acceptors (Lipinski definition) is 3. The van der Waals surface area contributed by atoms with Crippen LogP contribution in [0.5, 0.6) is 5.75 Å². The average Bonchev–Trinajstić information content (AvgIpc) is 2.92. The van der Waals surface area contributed by atoms with E-state index in [1.807, 2.05) is 53.2 Å². The van der Waals surface area contributed by atoms with Crippen LogP contribution in [0.2, 0.25) is 5.02 Å². The summed E-state index contributed by atoms with van der Waals surface area (Å²) in [5.41, 5.74) is 2.02. The average molecular weight is 302 g/mol. The molecule has 0 saturated carbocycles. The van der Waals surface area contributed by atoms with E-state index in [9.17, 15) is 0 Å². The van der Waals surface area contributed by atoms with Gasteiger partial charge in [0.15, 0.2) is 0 Å². The van der Waals surface area contributed by atoms with Crippen molar-refractivity contribution in [3.05, 3.63) is 53.6 Å². The van der Waals surface area contributed by atoms with E-state index in [2.05, 4.69) is 10.3 Å². The summed E-state index contributed by atoms with van der Waals surface area (Å²) in [6.07, 6.45) is 1.97. The highest BCUT2D eigenvalue weighted by molar-refractivity contribution is 6.30. The normalized spacial score (nSPS) is 10.9. The van der Waals surface area contributed by atoms with Gasteiger partial charge in [-0.15, -0.1) is 5.10 Å². The Kier molecular flexibility index (Phi) is 4.36. The second-order valence-electron chi connectivity index (χ2n) is 4.81. The number of nitrogens with zero attached hydrogens (tertiary/aromatic N) is 3. The molecule has 0 fully saturated rings. The van der Waals surface area contributed by atoms with Gasteiger partial charge >= 0.3 is 0 Å². The SMILES string of the molecule is Clc1ccc(OCCCCn2nnc3ccccc32)cc1. The molecule has 1 heterocycles. The molecule has 0 atom stereocenters. The summed E-state index contributed by atoms with van der Waals surface area (Å²) in [6.45, 7) is 1.54. The van der Waals surface area contributed by atoms with Gasteiger partial charge in [-0.25, -0.2) is 4.68 Å². The van der Waals surface area contributed by atoms with E-state index in [0.29, 0.717) is 6.61 Å². The lowest BCUT2D eigenvalue weighted by Crippen LogP contribution is -2.03. The lowest BCUT2D eigenvalue weighted by Gasteiger charge is -2.06. The number of aromatic nitrogens is 3. The lowest BCUT2D eigenvalue weighted by atomic mass is 10.3. The maximum atomic E-state index is 5.83. The Balaban J connectivity index is 1.45. The predicted octanol–water partition coefficient (Wildman–Crippen LogP) is 3.94.